The predicted octanol–water partition coefficient (Wildman–Crippen LogP) is 0.218. The molecule has 22 heavy (non-hydrogen) atoms. The van der Waals surface area contributed by atoms with Gasteiger partial charge in [0, 0.05) is 12.2 Å². The SMILES string of the molecule is NS(=O)(=O)c1ccc2c(c1)CCN2Cc1nnnn1C1CC1. The number of nitrogens with zero attached hydrogens (tertiary/aromatic N) is 5. The highest BCUT2D eigenvalue weighted by atomic mass is 32.2. The largest absolute Gasteiger partial charge is 0.363 e. The minimum Gasteiger partial charge on any atom is -0.363 e. The van der Waals surface area contributed by atoms with E-state index in [1.807, 2.05) is 10.7 Å². The molecule has 0 saturated heterocycles. The normalized spacial score (nSPS) is 17.8. The maximum Gasteiger partial charge on any atom is 0.238 e. The molecule has 2 aromatic rings. The Bertz CT molecular complexity index is 827. The first-order chi connectivity index (χ1) is 10.5. The molecule has 4 rings (SSSR count). The standard InChI is InChI=1S/C13H16N6O2S/c14-22(20,21)11-3-4-12-9(7-11)5-6-18(12)8-13-15-16-17-19(13)10-1-2-10/h3-4,7,10H,1-2,5-6,8H2,(H2,14,20,21). The van der Waals surface area contributed by atoms with E-state index in [1.54, 1.807) is 12.1 Å². The molecule has 0 spiro atoms. The van der Waals surface area contributed by atoms with E-state index < -0.39 is 10.0 Å². The van der Waals surface area contributed by atoms with Crippen LogP contribution < -0.4 is 10.0 Å². The molecule has 1 aliphatic heterocycles. The van der Waals surface area contributed by atoms with E-state index in [1.165, 1.54) is 0 Å². The van der Waals surface area contributed by atoms with Gasteiger partial charge in [0.25, 0.3) is 0 Å². The fourth-order valence-electron chi connectivity index (χ4n) is 2.88. The maximum atomic E-state index is 11.4. The molecule has 2 aliphatic rings. The van der Waals surface area contributed by atoms with Crippen LogP contribution in [0.1, 0.15) is 30.3 Å². The second-order valence-electron chi connectivity index (χ2n) is 5.78. The number of primary sulfonamides is 1. The summed E-state index contributed by atoms with van der Waals surface area (Å²) in [7, 11) is -3.66. The molecule has 0 unspecified atom stereocenters. The Morgan fingerprint density at radius 1 is 1.32 bits per heavy atom. The van der Waals surface area contributed by atoms with Gasteiger partial charge in [0.1, 0.15) is 0 Å². The molecule has 9 heteroatoms. The van der Waals surface area contributed by atoms with Crippen LogP contribution in [0, 0.1) is 0 Å². The van der Waals surface area contributed by atoms with Crippen LogP contribution in [-0.2, 0) is 23.0 Å². The van der Waals surface area contributed by atoms with Crippen LogP contribution >= 0.6 is 0 Å². The first-order valence-corrected chi connectivity index (χ1v) is 8.74. The first kappa shape index (κ1) is 13.6. The Hall–Kier alpha value is -2.00. The van der Waals surface area contributed by atoms with Gasteiger partial charge in [-0.05, 0) is 53.5 Å². The van der Waals surface area contributed by atoms with Crippen molar-refractivity contribution in [3.63, 3.8) is 0 Å². The summed E-state index contributed by atoms with van der Waals surface area (Å²) in [5.41, 5.74) is 2.02. The second kappa shape index (κ2) is 4.75. The summed E-state index contributed by atoms with van der Waals surface area (Å²) in [5.74, 6) is 0.853. The molecule has 0 radical (unpaired) electrons. The third-order valence-electron chi connectivity index (χ3n) is 4.16. The number of hydrogen-bond donors (Lipinski definition) is 1. The fourth-order valence-corrected chi connectivity index (χ4v) is 3.44. The highest BCUT2D eigenvalue weighted by Crippen LogP contribution is 2.35. The first-order valence-electron chi connectivity index (χ1n) is 7.20. The van der Waals surface area contributed by atoms with Gasteiger partial charge < -0.3 is 4.90 Å². The molecule has 0 amide bonds. The fraction of sp³-hybridized carbons (Fsp3) is 0.462. The van der Waals surface area contributed by atoms with Crippen LogP contribution in [0.5, 0.6) is 0 Å². The van der Waals surface area contributed by atoms with Crippen LogP contribution in [0.15, 0.2) is 23.1 Å². The summed E-state index contributed by atoms with van der Waals surface area (Å²) in [4.78, 5) is 2.34. The van der Waals surface area contributed by atoms with Crippen LogP contribution in [0.3, 0.4) is 0 Å². The molecule has 2 N–H and O–H groups in total. The van der Waals surface area contributed by atoms with Crippen molar-refractivity contribution >= 4 is 15.7 Å². The number of nitrogens with two attached hydrogens (primary N) is 1. The summed E-state index contributed by atoms with van der Waals surface area (Å²) in [5, 5.41) is 17.1. The van der Waals surface area contributed by atoms with Crippen molar-refractivity contribution < 1.29 is 8.42 Å². The van der Waals surface area contributed by atoms with E-state index in [0.29, 0.717) is 12.6 Å². The van der Waals surface area contributed by atoms with Crippen molar-refractivity contribution in [2.45, 2.75) is 36.7 Å². The van der Waals surface area contributed by atoms with Crippen molar-refractivity contribution in [1.29, 1.82) is 0 Å². The molecule has 8 nitrogen and oxygen atoms in total. The smallest absolute Gasteiger partial charge is 0.238 e. The van der Waals surface area contributed by atoms with Crippen molar-refractivity contribution in [2.75, 3.05) is 11.4 Å². The number of fused-ring (bicyclic) bond motifs is 1. The number of tetrazole rings is 1. The van der Waals surface area contributed by atoms with E-state index in [2.05, 4.69) is 20.4 Å². The molecule has 1 aliphatic carbocycles. The maximum absolute atomic E-state index is 11.4. The monoisotopic (exact) mass is 320 g/mol. The average Bonchev–Trinajstić information content (AvgIpc) is 3.08. The summed E-state index contributed by atoms with van der Waals surface area (Å²) in [6.45, 7) is 1.45. The van der Waals surface area contributed by atoms with Crippen molar-refractivity contribution in [3.05, 3.63) is 29.6 Å². The summed E-state index contributed by atoms with van der Waals surface area (Å²) < 4.78 is 24.8. The molecule has 0 bridgehead atoms. The third kappa shape index (κ3) is 2.35. The topological polar surface area (TPSA) is 107 Å². The molecule has 1 fully saturated rings. The summed E-state index contributed by atoms with van der Waals surface area (Å²) >= 11 is 0. The highest BCUT2D eigenvalue weighted by Gasteiger charge is 2.29. The van der Waals surface area contributed by atoms with Crippen molar-refractivity contribution in [2.24, 2.45) is 5.14 Å². The Morgan fingerprint density at radius 2 is 2.14 bits per heavy atom. The van der Waals surface area contributed by atoms with E-state index in [0.717, 1.165) is 42.9 Å². The van der Waals surface area contributed by atoms with Crippen LogP contribution in [0.25, 0.3) is 0 Å². The lowest BCUT2D eigenvalue weighted by Crippen LogP contribution is -2.22. The van der Waals surface area contributed by atoms with Gasteiger partial charge >= 0.3 is 0 Å². The van der Waals surface area contributed by atoms with E-state index >= 15 is 0 Å². The van der Waals surface area contributed by atoms with Gasteiger partial charge in [-0.3, -0.25) is 0 Å². The molecule has 116 valence electrons. The number of sulfonamides is 1. The Balaban J connectivity index is 1.61. The number of rotatable bonds is 4. The number of hydrogen-bond acceptors (Lipinski definition) is 6. The number of aromatic nitrogens is 4. The lowest BCUT2D eigenvalue weighted by Gasteiger charge is -2.18. The van der Waals surface area contributed by atoms with Gasteiger partial charge in [0.05, 0.1) is 17.5 Å². The summed E-state index contributed by atoms with van der Waals surface area (Å²) in [6.07, 6.45) is 3.06. The lowest BCUT2D eigenvalue weighted by molar-refractivity contribution is 0.576. The highest BCUT2D eigenvalue weighted by molar-refractivity contribution is 7.89. The van der Waals surface area contributed by atoms with E-state index in [9.17, 15) is 8.42 Å². The number of benzene rings is 1. The quantitative estimate of drug-likeness (QED) is 0.863. The van der Waals surface area contributed by atoms with E-state index in [4.69, 9.17) is 5.14 Å². The second-order valence-corrected chi connectivity index (χ2v) is 7.34. The molecule has 1 aromatic heterocycles. The van der Waals surface area contributed by atoms with Gasteiger partial charge in [0.15, 0.2) is 5.82 Å². The number of anilines is 1. The molecule has 1 saturated carbocycles. The minimum absolute atomic E-state index is 0.163. The lowest BCUT2D eigenvalue weighted by atomic mass is 10.2. The minimum atomic E-state index is -3.66. The summed E-state index contributed by atoms with van der Waals surface area (Å²) in [6, 6.07) is 5.47. The van der Waals surface area contributed by atoms with Crippen LogP contribution in [0.2, 0.25) is 0 Å². The van der Waals surface area contributed by atoms with Gasteiger partial charge in [-0.2, -0.15) is 0 Å². The Morgan fingerprint density at radius 3 is 2.86 bits per heavy atom. The molecular formula is C13H16N6O2S. The predicted molar refractivity (Wildman–Crippen MR) is 78.7 cm³/mol. The molecular weight excluding hydrogens is 304 g/mol. The zero-order valence-corrected chi connectivity index (χ0v) is 12.7. The zero-order valence-electron chi connectivity index (χ0n) is 11.9. The molecule has 1 aromatic carbocycles. The van der Waals surface area contributed by atoms with Crippen LogP contribution in [-0.4, -0.2) is 35.2 Å². The van der Waals surface area contributed by atoms with Crippen molar-refractivity contribution in [1.82, 2.24) is 20.2 Å². The van der Waals surface area contributed by atoms with Gasteiger partial charge in [-0.1, -0.05) is 0 Å². The van der Waals surface area contributed by atoms with Gasteiger partial charge in [0.2, 0.25) is 10.0 Å². The average molecular weight is 320 g/mol. The van der Waals surface area contributed by atoms with Crippen molar-refractivity contribution in [3.8, 4) is 0 Å². The Kier molecular flexibility index (Phi) is 2.95. The van der Waals surface area contributed by atoms with Gasteiger partial charge in [-0.15, -0.1) is 5.10 Å². The molecule has 0 atom stereocenters. The Labute approximate surface area is 128 Å². The van der Waals surface area contributed by atoms with E-state index in [-0.39, 0.29) is 4.90 Å². The van der Waals surface area contributed by atoms with Gasteiger partial charge in [-0.25, -0.2) is 18.2 Å². The third-order valence-corrected chi connectivity index (χ3v) is 5.07. The van der Waals surface area contributed by atoms with Crippen LogP contribution in [0.4, 0.5) is 5.69 Å². The molecule has 2 heterocycles. The zero-order chi connectivity index (χ0) is 15.3.